The van der Waals surface area contributed by atoms with Gasteiger partial charge in [0.25, 0.3) is 0 Å². The van der Waals surface area contributed by atoms with Crippen LogP contribution in [0.25, 0.3) is 0 Å². The predicted molar refractivity (Wildman–Crippen MR) is 50.1 cm³/mol. The van der Waals surface area contributed by atoms with Gasteiger partial charge in [0.15, 0.2) is 16.8 Å². The lowest BCUT2D eigenvalue weighted by Gasteiger charge is -1.98. The summed E-state index contributed by atoms with van der Waals surface area (Å²) >= 11 is 11.3. The van der Waals surface area contributed by atoms with Crippen LogP contribution in [0.3, 0.4) is 0 Å². The quantitative estimate of drug-likeness (QED) is 0.538. The van der Waals surface area contributed by atoms with Gasteiger partial charge in [0.1, 0.15) is 5.15 Å². The Balaban J connectivity index is 3.03. The average molecular weight is 207 g/mol. The molecule has 0 aliphatic heterocycles. The molecule has 0 unspecified atom stereocenters. The van der Waals surface area contributed by atoms with Crippen molar-refractivity contribution in [3.8, 4) is 0 Å². The Morgan fingerprint density at radius 3 is 2.58 bits per heavy atom. The summed E-state index contributed by atoms with van der Waals surface area (Å²) in [5, 5.41) is 3.42. The van der Waals surface area contributed by atoms with E-state index in [9.17, 15) is 0 Å². The minimum absolute atomic E-state index is 0.253. The zero-order chi connectivity index (χ0) is 9.14. The van der Waals surface area contributed by atoms with Crippen LogP contribution in [-0.4, -0.2) is 29.9 Å². The maximum Gasteiger partial charge on any atom is 0.175 e. The molecule has 0 fully saturated rings. The number of halogens is 2. The molecule has 66 valence electrons. The molecule has 1 aromatic heterocycles. The summed E-state index contributed by atoms with van der Waals surface area (Å²) in [5.74, 6) is 1.15. The normalized spacial score (nSPS) is 11.8. The van der Waals surface area contributed by atoms with Crippen LogP contribution in [0, 0.1) is 0 Å². The van der Waals surface area contributed by atoms with Crippen molar-refractivity contribution in [3.05, 3.63) is 16.1 Å². The summed E-state index contributed by atoms with van der Waals surface area (Å²) in [6, 6.07) is 0. The maximum absolute atomic E-state index is 5.65. The van der Waals surface area contributed by atoms with E-state index in [4.69, 9.17) is 23.2 Å². The number of rotatable bonds is 1. The van der Waals surface area contributed by atoms with Crippen molar-refractivity contribution in [1.82, 2.24) is 15.3 Å². The Morgan fingerprint density at radius 2 is 2.25 bits per heavy atom. The van der Waals surface area contributed by atoms with E-state index < -0.39 is 0 Å². The molecule has 0 aliphatic carbocycles. The van der Waals surface area contributed by atoms with Crippen LogP contribution >= 0.6 is 23.2 Å². The molecule has 12 heavy (non-hydrogen) atoms. The minimum Gasteiger partial charge on any atom is -0.370 e. The van der Waals surface area contributed by atoms with Gasteiger partial charge in [-0.1, -0.05) is 23.2 Å². The Bertz CT molecular complexity index is 285. The standard InChI is InChI=1S/C6H8Cl2N4/c1-9-5(10-2)6-11-3(7)4(8)12-6/h1-2H3,(H,9,10)(H,11,12). The molecule has 2 N–H and O–H groups in total. The average Bonchev–Trinajstić information content (AvgIpc) is 2.35. The first-order chi connectivity index (χ1) is 5.69. The molecular formula is C6H8Cl2N4. The molecule has 0 spiro atoms. The van der Waals surface area contributed by atoms with E-state index in [1.165, 1.54) is 0 Å². The van der Waals surface area contributed by atoms with Gasteiger partial charge < -0.3 is 10.3 Å². The van der Waals surface area contributed by atoms with Crippen LogP contribution < -0.4 is 5.32 Å². The van der Waals surface area contributed by atoms with E-state index in [-0.39, 0.29) is 5.15 Å². The number of hydrogen-bond donors (Lipinski definition) is 2. The molecule has 0 amide bonds. The predicted octanol–water partition coefficient (Wildman–Crippen LogP) is 1.31. The molecule has 0 atom stereocenters. The SMILES string of the molecule is CN=C(NC)c1nc(Cl)c(Cl)[nH]1. The molecule has 0 radical (unpaired) electrons. The largest absolute Gasteiger partial charge is 0.370 e. The molecule has 0 saturated carbocycles. The van der Waals surface area contributed by atoms with Gasteiger partial charge in [-0.3, -0.25) is 4.99 Å². The van der Waals surface area contributed by atoms with E-state index in [1.54, 1.807) is 14.1 Å². The number of hydrogen-bond acceptors (Lipinski definition) is 2. The topological polar surface area (TPSA) is 53.1 Å². The second kappa shape index (κ2) is 3.78. The van der Waals surface area contributed by atoms with Crippen molar-refractivity contribution < 1.29 is 0 Å². The number of imidazole rings is 1. The number of aromatic nitrogens is 2. The number of nitrogens with one attached hydrogen (secondary N) is 2. The molecule has 1 heterocycles. The fourth-order valence-corrected chi connectivity index (χ4v) is 1.04. The lowest BCUT2D eigenvalue weighted by atomic mass is 10.5. The molecule has 0 aliphatic rings. The highest BCUT2D eigenvalue weighted by molar-refractivity contribution is 6.40. The second-order valence-electron chi connectivity index (χ2n) is 2.01. The first-order valence-corrected chi connectivity index (χ1v) is 4.00. The van der Waals surface area contributed by atoms with Gasteiger partial charge in [-0.15, -0.1) is 0 Å². The van der Waals surface area contributed by atoms with Crippen LogP contribution in [0.5, 0.6) is 0 Å². The first-order valence-electron chi connectivity index (χ1n) is 3.25. The van der Waals surface area contributed by atoms with E-state index in [0.29, 0.717) is 16.8 Å². The lowest BCUT2D eigenvalue weighted by Crippen LogP contribution is -2.20. The third-order valence-corrected chi connectivity index (χ3v) is 1.95. The number of amidine groups is 1. The van der Waals surface area contributed by atoms with Gasteiger partial charge in [0, 0.05) is 14.1 Å². The molecular weight excluding hydrogens is 199 g/mol. The van der Waals surface area contributed by atoms with E-state index >= 15 is 0 Å². The molecule has 1 aromatic rings. The van der Waals surface area contributed by atoms with Crippen molar-refractivity contribution in [2.24, 2.45) is 4.99 Å². The summed E-state index contributed by atoms with van der Waals surface area (Å²) in [7, 11) is 3.39. The number of nitrogens with zero attached hydrogens (tertiary/aromatic N) is 2. The van der Waals surface area contributed by atoms with Crippen LogP contribution in [0.4, 0.5) is 0 Å². The van der Waals surface area contributed by atoms with Gasteiger partial charge in [-0.25, -0.2) is 4.98 Å². The van der Waals surface area contributed by atoms with E-state index in [1.807, 2.05) is 0 Å². The Kier molecular flexibility index (Phi) is 2.94. The Morgan fingerprint density at radius 1 is 1.58 bits per heavy atom. The van der Waals surface area contributed by atoms with Crippen molar-refractivity contribution in [1.29, 1.82) is 0 Å². The van der Waals surface area contributed by atoms with Gasteiger partial charge in [0.05, 0.1) is 0 Å². The Labute approximate surface area is 80.0 Å². The molecule has 4 nitrogen and oxygen atoms in total. The van der Waals surface area contributed by atoms with Crippen molar-refractivity contribution in [2.75, 3.05) is 14.1 Å². The smallest absolute Gasteiger partial charge is 0.175 e. The summed E-state index contributed by atoms with van der Waals surface area (Å²) in [6.45, 7) is 0. The van der Waals surface area contributed by atoms with Crippen LogP contribution in [0.2, 0.25) is 10.3 Å². The highest BCUT2D eigenvalue weighted by atomic mass is 35.5. The summed E-state index contributed by atoms with van der Waals surface area (Å²) in [6.07, 6.45) is 0. The lowest BCUT2D eigenvalue weighted by molar-refractivity contribution is 1.10. The summed E-state index contributed by atoms with van der Waals surface area (Å²) in [5.41, 5.74) is 0. The van der Waals surface area contributed by atoms with Crippen LogP contribution in [0.1, 0.15) is 5.82 Å². The number of H-pyrrole nitrogens is 1. The van der Waals surface area contributed by atoms with E-state index in [2.05, 4.69) is 20.3 Å². The van der Waals surface area contributed by atoms with Gasteiger partial charge >= 0.3 is 0 Å². The van der Waals surface area contributed by atoms with Gasteiger partial charge in [-0.2, -0.15) is 0 Å². The third-order valence-electron chi connectivity index (χ3n) is 1.30. The summed E-state index contributed by atoms with van der Waals surface area (Å²) in [4.78, 5) is 10.6. The summed E-state index contributed by atoms with van der Waals surface area (Å²) < 4.78 is 0. The first kappa shape index (κ1) is 9.35. The molecule has 0 aromatic carbocycles. The molecule has 1 rings (SSSR count). The van der Waals surface area contributed by atoms with Crippen molar-refractivity contribution in [2.45, 2.75) is 0 Å². The van der Waals surface area contributed by atoms with Gasteiger partial charge in [0.2, 0.25) is 0 Å². The highest BCUT2D eigenvalue weighted by Crippen LogP contribution is 2.17. The molecule has 0 saturated heterocycles. The molecule has 0 bridgehead atoms. The second-order valence-corrected chi connectivity index (χ2v) is 2.75. The zero-order valence-corrected chi connectivity index (χ0v) is 8.16. The monoisotopic (exact) mass is 206 g/mol. The number of aliphatic imine (C=N–C) groups is 1. The highest BCUT2D eigenvalue weighted by Gasteiger charge is 2.09. The van der Waals surface area contributed by atoms with Gasteiger partial charge in [-0.05, 0) is 0 Å². The third kappa shape index (κ3) is 1.70. The van der Waals surface area contributed by atoms with E-state index in [0.717, 1.165) is 0 Å². The molecule has 6 heteroatoms. The number of aromatic amines is 1. The Hall–Kier alpha value is -0.740. The maximum atomic E-state index is 5.65. The zero-order valence-electron chi connectivity index (χ0n) is 6.65. The van der Waals surface area contributed by atoms with Crippen LogP contribution in [0.15, 0.2) is 4.99 Å². The van der Waals surface area contributed by atoms with Crippen molar-refractivity contribution >= 4 is 29.0 Å². The fraction of sp³-hybridized carbons (Fsp3) is 0.333. The fourth-order valence-electron chi connectivity index (χ4n) is 0.779. The minimum atomic E-state index is 0.253. The van der Waals surface area contributed by atoms with Crippen LogP contribution in [-0.2, 0) is 0 Å². The van der Waals surface area contributed by atoms with Crippen molar-refractivity contribution in [3.63, 3.8) is 0 Å².